The highest BCUT2D eigenvalue weighted by Crippen LogP contribution is 2.23. The summed E-state index contributed by atoms with van der Waals surface area (Å²) in [6.07, 6.45) is 0.618. The van der Waals surface area contributed by atoms with Crippen LogP contribution < -0.4 is 5.73 Å². The molecule has 1 aliphatic rings. The molecule has 20 heavy (non-hydrogen) atoms. The zero-order valence-electron chi connectivity index (χ0n) is 11.4. The number of benzene rings is 1. The molecule has 1 aliphatic heterocycles. The van der Waals surface area contributed by atoms with Gasteiger partial charge in [0, 0.05) is 19.6 Å². The highest BCUT2D eigenvalue weighted by Gasteiger charge is 2.31. The molecule has 0 aromatic heterocycles. The lowest BCUT2D eigenvalue weighted by Crippen LogP contribution is -2.45. The SMILES string of the molecule is CCC1CN(S(=O)(=O)c2cc(F)ccc2CN)CCO1. The van der Waals surface area contributed by atoms with E-state index in [2.05, 4.69) is 0 Å². The fourth-order valence-corrected chi connectivity index (χ4v) is 3.93. The largest absolute Gasteiger partial charge is 0.375 e. The van der Waals surface area contributed by atoms with Crippen molar-refractivity contribution in [1.82, 2.24) is 4.31 Å². The molecule has 0 bridgehead atoms. The summed E-state index contributed by atoms with van der Waals surface area (Å²) in [5.74, 6) is -0.582. The predicted molar refractivity (Wildman–Crippen MR) is 73.1 cm³/mol. The fourth-order valence-electron chi connectivity index (χ4n) is 2.23. The summed E-state index contributed by atoms with van der Waals surface area (Å²) in [6.45, 7) is 2.91. The van der Waals surface area contributed by atoms with Crippen molar-refractivity contribution in [3.05, 3.63) is 29.6 Å². The summed E-state index contributed by atoms with van der Waals surface area (Å²) in [6, 6.07) is 3.67. The van der Waals surface area contributed by atoms with E-state index in [0.29, 0.717) is 18.7 Å². The number of halogens is 1. The molecular weight excluding hydrogens is 283 g/mol. The first-order valence-electron chi connectivity index (χ1n) is 6.59. The first-order valence-corrected chi connectivity index (χ1v) is 8.03. The normalized spacial score (nSPS) is 21.1. The molecule has 1 aromatic carbocycles. The average molecular weight is 302 g/mol. The van der Waals surface area contributed by atoms with Gasteiger partial charge in [-0.25, -0.2) is 12.8 Å². The van der Waals surface area contributed by atoms with Gasteiger partial charge >= 0.3 is 0 Å². The second-order valence-corrected chi connectivity index (χ2v) is 6.63. The van der Waals surface area contributed by atoms with Crippen LogP contribution in [0.3, 0.4) is 0 Å². The summed E-state index contributed by atoms with van der Waals surface area (Å²) in [4.78, 5) is -0.0447. The van der Waals surface area contributed by atoms with E-state index in [4.69, 9.17) is 10.5 Å². The molecule has 1 unspecified atom stereocenters. The third kappa shape index (κ3) is 3.01. The Bertz CT molecular complexity index is 577. The second-order valence-electron chi connectivity index (χ2n) is 4.72. The van der Waals surface area contributed by atoms with Gasteiger partial charge in [0.2, 0.25) is 10.0 Å². The number of nitrogens with two attached hydrogens (primary N) is 1. The minimum atomic E-state index is -3.74. The number of nitrogens with zero attached hydrogens (tertiary/aromatic N) is 1. The molecule has 2 rings (SSSR count). The monoisotopic (exact) mass is 302 g/mol. The molecule has 7 heteroatoms. The van der Waals surface area contributed by atoms with Crippen LogP contribution in [-0.2, 0) is 21.3 Å². The molecule has 2 N–H and O–H groups in total. The topological polar surface area (TPSA) is 72.6 Å². The first kappa shape index (κ1) is 15.4. The van der Waals surface area contributed by atoms with Crippen molar-refractivity contribution in [2.75, 3.05) is 19.7 Å². The lowest BCUT2D eigenvalue weighted by molar-refractivity contribution is -0.00279. The number of sulfonamides is 1. The second kappa shape index (κ2) is 6.17. The third-order valence-electron chi connectivity index (χ3n) is 3.42. The Morgan fingerprint density at radius 2 is 2.25 bits per heavy atom. The van der Waals surface area contributed by atoms with E-state index in [1.807, 2.05) is 6.92 Å². The van der Waals surface area contributed by atoms with Crippen molar-refractivity contribution < 1.29 is 17.5 Å². The van der Waals surface area contributed by atoms with Gasteiger partial charge < -0.3 is 10.5 Å². The Labute approximate surface area is 118 Å². The van der Waals surface area contributed by atoms with Crippen molar-refractivity contribution in [2.45, 2.75) is 30.9 Å². The zero-order valence-corrected chi connectivity index (χ0v) is 12.2. The summed E-state index contributed by atoms with van der Waals surface area (Å²) in [5.41, 5.74) is 5.97. The van der Waals surface area contributed by atoms with E-state index in [0.717, 1.165) is 12.5 Å². The maximum atomic E-state index is 13.4. The van der Waals surface area contributed by atoms with Gasteiger partial charge in [-0.1, -0.05) is 13.0 Å². The van der Waals surface area contributed by atoms with Gasteiger partial charge in [0.05, 0.1) is 17.6 Å². The molecule has 0 amide bonds. The molecule has 5 nitrogen and oxygen atoms in total. The van der Waals surface area contributed by atoms with Gasteiger partial charge in [-0.05, 0) is 24.1 Å². The highest BCUT2D eigenvalue weighted by atomic mass is 32.2. The van der Waals surface area contributed by atoms with Crippen molar-refractivity contribution >= 4 is 10.0 Å². The van der Waals surface area contributed by atoms with Crippen molar-refractivity contribution in [3.63, 3.8) is 0 Å². The van der Waals surface area contributed by atoms with Crippen LogP contribution in [0.5, 0.6) is 0 Å². The Morgan fingerprint density at radius 1 is 1.50 bits per heavy atom. The molecular formula is C13H19FN2O3S. The van der Waals surface area contributed by atoms with Gasteiger partial charge in [0.1, 0.15) is 5.82 Å². The standard InChI is InChI=1S/C13H19FN2O3S/c1-2-12-9-16(5-6-19-12)20(17,18)13-7-11(14)4-3-10(13)8-15/h3-4,7,12H,2,5-6,8-9,15H2,1H3. The molecule has 1 atom stereocenters. The van der Waals surface area contributed by atoms with Crippen molar-refractivity contribution in [2.24, 2.45) is 5.73 Å². The van der Waals surface area contributed by atoms with E-state index in [-0.39, 0.29) is 24.1 Å². The molecule has 1 aromatic rings. The molecule has 1 fully saturated rings. The minimum absolute atomic E-state index is 0.0447. The van der Waals surface area contributed by atoms with Gasteiger partial charge in [-0.2, -0.15) is 4.31 Å². The van der Waals surface area contributed by atoms with E-state index in [1.165, 1.54) is 16.4 Å². The quantitative estimate of drug-likeness (QED) is 0.903. The smallest absolute Gasteiger partial charge is 0.243 e. The Balaban J connectivity index is 2.37. The summed E-state index contributed by atoms with van der Waals surface area (Å²) < 4.78 is 45.4. The zero-order chi connectivity index (χ0) is 14.8. The van der Waals surface area contributed by atoms with Crippen LogP contribution in [0, 0.1) is 5.82 Å². The van der Waals surface area contributed by atoms with Crippen LogP contribution in [0.2, 0.25) is 0 Å². The van der Waals surface area contributed by atoms with Gasteiger partial charge in [-0.15, -0.1) is 0 Å². The molecule has 1 heterocycles. The Kier molecular flexibility index (Phi) is 4.74. The molecule has 0 radical (unpaired) electrons. The summed E-state index contributed by atoms with van der Waals surface area (Å²) in [7, 11) is -3.74. The van der Waals surface area contributed by atoms with Crippen LogP contribution in [0.15, 0.2) is 23.1 Å². The van der Waals surface area contributed by atoms with E-state index < -0.39 is 15.8 Å². The summed E-state index contributed by atoms with van der Waals surface area (Å²) >= 11 is 0. The van der Waals surface area contributed by atoms with Crippen molar-refractivity contribution in [3.8, 4) is 0 Å². The van der Waals surface area contributed by atoms with E-state index >= 15 is 0 Å². The van der Waals surface area contributed by atoms with E-state index in [1.54, 1.807) is 0 Å². The minimum Gasteiger partial charge on any atom is -0.375 e. The molecule has 112 valence electrons. The maximum Gasteiger partial charge on any atom is 0.243 e. The predicted octanol–water partition coefficient (Wildman–Crippen LogP) is 1.08. The van der Waals surface area contributed by atoms with Crippen LogP contribution in [0.1, 0.15) is 18.9 Å². The number of hydrogen-bond acceptors (Lipinski definition) is 4. The highest BCUT2D eigenvalue weighted by molar-refractivity contribution is 7.89. The lowest BCUT2D eigenvalue weighted by Gasteiger charge is -2.32. The first-order chi connectivity index (χ1) is 9.48. The van der Waals surface area contributed by atoms with Gasteiger partial charge in [0.15, 0.2) is 0 Å². The number of hydrogen-bond donors (Lipinski definition) is 1. The Morgan fingerprint density at radius 3 is 2.90 bits per heavy atom. The number of ether oxygens (including phenoxy) is 1. The third-order valence-corrected chi connectivity index (χ3v) is 5.37. The van der Waals surface area contributed by atoms with Gasteiger partial charge in [0.25, 0.3) is 0 Å². The Hall–Kier alpha value is -1.02. The molecule has 1 saturated heterocycles. The van der Waals surface area contributed by atoms with Crippen LogP contribution in [-0.4, -0.2) is 38.5 Å². The van der Waals surface area contributed by atoms with E-state index in [9.17, 15) is 12.8 Å². The lowest BCUT2D eigenvalue weighted by atomic mass is 10.2. The summed E-state index contributed by atoms with van der Waals surface area (Å²) in [5, 5.41) is 0. The average Bonchev–Trinajstić information content (AvgIpc) is 2.47. The molecule has 0 aliphatic carbocycles. The van der Waals surface area contributed by atoms with Crippen LogP contribution in [0.25, 0.3) is 0 Å². The number of morpholine rings is 1. The van der Waals surface area contributed by atoms with Crippen LogP contribution >= 0.6 is 0 Å². The van der Waals surface area contributed by atoms with Crippen LogP contribution in [0.4, 0.5) is 4.39 Å². The molecule has 0 spiro atoms. The van der Waals surface area contributed by atoms with Gasteiger partial charge in [-0.3, -0.25) is 0 Å². The fraction of sp³-hybridized carbons (Fsp3) is 0.538. The van der Waals surface area contributed by atoms with Crippen molar-refractivity contribution in [1.29, 1.82) is 0 Å². The maximum absolute atomic E-state index is 13.4. The molecule has 0 saturated carbocycles. The number of rotatable bonds is 4.